The normalized spacial score (nSPS) is 13.2. The molecule has 10 rings (SSSR count). The molecule has 9 aromatic rings. The van der Waals surface area contributed by atoms with Crippen LogP contribution in [0.2, 0.25) is 35.2 Å². The molecular weight excluding hydrogens is 1030 g/mol. The smallest absolute Gasteiger partial charge is 0.339 e. The summed E-state index contributed by atoms with van der Waals surface area (Å²) in [7, 11) is 0. The molecule has 1 aliphatic rings. The van der Waals surface area contributed by atoms with Crippen molar-refractivity contribution in [3.05, 3.63) is 196 Å². The van der Waals surface area contributed by atoms with Gasteiger partial charge in [-0.25, -0.2) is 14.2 Å². The topological polar surface area (TPSA) is 101 Å². The molecule has 0 amide bonds. The molecule has 16 heteroatoms. The van der Waals surface area contributed by atoms with Crippen LogP contribution in [0, 0.1) is 6.92 Å². The molecule has 1 fully saturated rings. The monoisotopic (exact) mass is 1060 g/mol. The van der Waals surface area contributed by atoms with Gasteiger partial charge < -0.3 is 9.15 Å². The molecule has 9 nitrogen and oxygen atoms in total. The van der Waals surface area contributed by atoms with Gasteiger partial charge in [0, 0.05) is 63.8 Å². The standard InChI is InChI=1S/C54H39Cl7N6O3/c1-29-46(64-66(44-21-18-37(58)26-42(44)60)48(29)30-5-12-34(55)13-6-30)39-20-11-33(54(23-24-54)32-9-16-36(57)17-10-32)25-40(39)51(68)69-28-41-47(50-62-63-52(70-50)53(2,3)4)65-67(45-22-19-38(59)27-43(45)61)49(41)31-7-14-35(56)15-8-31/h5-22,25-27H,23-24,28H2,1-4H3. The predicted octanol–water partition coefficient (Wildman–Crippen LogP) is 16.7. The molecule has 70 heavy (non-hydrogen) atoms. The first-order valence-corrected chi connectivity index (χ1v) is 24.7. The van der Waals surface area contributed by atoms with Crippen molar-refractivity contribution in [3.63, 3.8) is 0 Å². The molecule has 0 radical (unpaired) electrons. The Kier molecular flexibility index (Phi) is 12.9. The van der Waals surface area contributed by atoms with Crippen LogP contribution in [0.4, 0.5) is 0 Å². The SMILES string of the molecule is Cc1c(-c2ccc(C3(c4ccc(Cl)cc4)CC3)cc2C(=O)OCc2c(-c3nnc(C(C)(C)C)o3)nn(-c3ccc(Cl)cc3Cl)c2-c2ccc(Cl)cc2)nn(-c2ccc(Cl)cc2Cl)c1-c1ccc(Cl)cc1. The van der Waals surface area contributed by atoms with Gasteiger partial charge in [-0.15, -0.1) is 10.2 Å². The summed E-state index contributed by atoms with van der Waals surface area (Å²) >= 11 is 45.8. The number of benzene rings is 6. The van der Waals surface area contributed by atoms with E-state index in [1.54, 1.807) is 51.8 Å². The Balaban J connectivity index is 1.16. The molecule has 6 aromatic carbocycles. The van der Waals surface area contributed by atoms with Gasteiger partial charge in [0.15, 0.2) is 5.69 Å². The summed E-state index contributed by atoms with van der Waals surface area (Å²) < 4.78 is 16.3. The second-order valence-corrected chi connectivity index (χ2v) is 21.1. The van der Waals surface area contributed by atoms with E-state index in [0.717, 1.165) is 40.8 Å². The Hall–Kier alpha value is -5.62. The molecule has 0 aliphatic heterocycles. The van der Waals surface area contributed by atoms with E-state index in [2.05, 4.69) is 16.3 Å². The van der Waals surface area contributed by atoms with Crippen molar-refractivity contribution >= 4 is 87.2 Å². The van der Waals surface area contributed by atoms with Crippen LogP contribution in [0.25, 0.3) is 56.7 Å². The highest BCUT2D eigenvalue weighted by Gasteiger charge is 2.46. The van der Waals surface area contributed by atoms with Crippen LogP contribution in [-0.4, -0.2) is 35.7 Å². The molecule has 0 atom stereocenters. The first-order valence-electron chi connectivity index (χ1n) is 22.1. The summed E-state index contributed by atoms with van der Waals surface area (Å²) in [4.78, 5) is 15.4. The number of hydrogen-bond donors (Lipinski definition) is 0. The Bertz CT molecular complexity index is 3480. The molecule has 1 saturated carbocycles. The molecule has 0 N–H and O–H groups in total. The van der Waals surface area contributed by atoms with Gasteiger partial charge in [-0.1, -0.05) is 151 Å². The van der Waals surface area contributed by atoms with Crippen LogP contribution in [-0.2, 0) is 22.2 Å². The van der Waals surface area contributed by atoms with Gasteiger partial charge in [0.2, 0.25) is 5.89 Å². The van der Waals surface area contributed by atoms with Crippen LogP contribution >= 0.6 is 81.2 Å². The largest absolute Gasteiger partial charge is 0.457 e. The van der Waals surface area contributed by atoms with Crippen LogP contribution in [0.15, 0.2) is 132 Å². The minimum Gasteiger partial charge on any atom is -0.457 e. The molecule has 0 saturated heterocycles. The lowest BCUT2D eigenvalue weighted by Crippen LogP contribution is -2.13. The summed E-state index contributed by atoms with van der Waals surface area (Å²) in [6.45, 7) is 7.57. The van der Waals surface area contributed by atoms with Gasteiger partial charge in [0.25, 0.3) is 5.89 Å². The molecule has 1 aliphatic carbocycles. The maximum atomic E-state index is 15.4. The first-order chi connectivity index (χ1) is 33.5. The maximum Gasteiger partial charge on any atom is 0.339 e. The molecule has 0 unspecified atom stereocenters. The van der Waals surface area contributed by atoms with Crippen LogP contribution in [0.1, 0.15) is 72.1 Å². The number of esters is 1. The van der Waals surface area contributed by atoms with E-state index in [-0.39, 0.29) is 29.2 Å². The Morgan fingerprint density at radius 2 is 1.11 bits per heavy atom. The summed E-state index contributed by atoms with van der Waals surface area (Å²) in [5.74, 6) is -0.115. The molecule has 0 spiro atoms. The van der Waals surface area contributed by atoms with Crippen LogP contribution < -0.4 is 0 Å². The Morgan fingerprint density at radius 3 is 1.64 bits per heavy atom. The third-order valence-corrected chi connectivity index (χ3v) is 14.3. The molecule has 3 aromatic heterocycles. The number of hydrogen-bond acceptors (Lipinski definition) is 7. The summed E-state index contributed by atoms with van der Waals surface area (Å²) in [6, 6.07) is 38.8. The van der Waals surface area contributed by atoms with Gasteiger partial charge in [-0.2, -0.15) is 10.2 Å². The molecule has 0 bridgehead atoms. The highest BCUT2D eigenvalue weighted by Crippen LogP contribution is 2.54. The van der Waals surface area contributed by atoms with E-state index >= 15 is 4.79 Å². The Morgan fingerprint density at radius 1 is 0.614 bits per heavy atom. The van der Waals surface area contributed by atoms with Crippen molar-refractivity contribution in [1.29, 1.82) is 0 Å². The van der Waals surface area contributed by atoms with Crippen molar-refractivity contribution < 1.29 is 13.9 Å². The lowest BCUT2D eigenvalue weighted by Gasteiger charge is -2.19. The molecular formula is C54H39Cl7N6O3. The second kappa shape index (κ2) is 18.9. The van der Waals surface area contributed by atoms with Crippen molar-refractivity contribution in [2.45, 2.75) is 58.0 Å². The lowest BCUT2D eigenvalue weighted by molar-refractivity contribution is 0.0474. The Labute approximate surface area is 438 Å². The van der Waals surface area contributed by atoms with E-state index in [0.29, 0.717) is 80.5 Å². The van der Waals surface area contributed by atoms with E-state index in [1.165, 1.54) is 0 Å². The van der Waals surface area contributed by atoms with Crippen molar-refractivity contribution in [2.24, 2.45) is 0 Å². The van der Waals surface area contributed by atoms with Crippen molar-refractivity contribution in [1.82, 2.24) is 29.8 Å². The number of carbonyl (C=O) groups excluding carboxylic acids is 1. The minimum absolute atomic E-state index is 0.119. The fourth-order valence-corrected chi connectivity index (χ4v) is 10.1. The molecule has 3 heterocycles. The number of rotatable bonds is 11. The average Bonchev–Trinajstić information content (AvgIpc) is 3.63. The fraction of sp³-hybridized carbons (Fsp3) is 0.167. The highest BCUT2D eigenvalue weighted by atomic mass is 35.5. The predicted molar refractivity (Wildman–Crippen MR) is 281 cm³/mol. The number of aromatic nitrogens is 6. The number of halogens is 7. The number of carbonyl (C=O) groups is 1. The third kappa shape index (κ3) is 9.14. The van der Waals surface area contributed by atoms with E-state index in [9.17, 15) is 0 Å². The zero-order valence-corrected chi connectivity index (χ0v) is 43.1. The fourth-order valence-electron chi connectivity index (χ4n) is 8.71. The van der Waals surface area contributed by atoms with Gasteiger partial charge >= 0.3 is 5.97 Å². The van der Waals surface area contributed by atoms with E-state index in [1.807, 2.05) is 107 Å². The van der Waals surface area contributed by atoms with Crippen molar-refractivity contribution in [2.75, 3.05) is 0 Å². The summed E-state index contributed by atoms with van der Waals surface area (Å²) in [6.07, 6.45) is 1.74. The van der Waals surface area contributed by atoms with Gasteiger partial charge in [0.1, 0.15) is 6.61 Å². The molecule has 352 valence electrons. The zero-order chi connectivity index (χ0) is 49.2. The number of nitrogens with zero attached hydrogens (tertiary/aromatic N) is 6. The van der Waals surface area contributed by atoms with Crippen molar-refractivity contribution in [3.8, 4) is 56.7 Å². The summed E-state index contributed by atoms with van der Waals surface area (Å²) in [5.41, 5.74) is 7.92. The van der Waals surface area contributed by atoms with Crippen LogP contribution in [0.3, 0.4) is 0 Å². The minimum atomic E-state index is -0.624. The highest BCUT2D eigenvalue weighted by molar-refractivity contribution is 6.36. The second-order valence-electron chi connectivity index (χ2n) is 18.1. The van der Waals surface area contributed by atoms with Gasteiger partial charge in [0.05, 0.1) is 44.1 Å². The lowest BCUT2D eigenvalue weighted by atomic mass is 9.85. The zero-order valence-electron chi connectivity index (χ0n) is 37.8. The average molecular weight is 1070 g/mol. The quantitative estimate of drug-likeness (QED) is 0.119. The van der Waals surface area contributed by atoms with Gasteiger partial charge in [-0.3, -0.25) is 0 Å². The van der Waals surface area contributed by atoms with Crippen LogP contribution in [0.5, 0.6) is 0 Å². The van der Waals surface area contributed by atoms with Gasteiger partial charge in [-0.05, 0) is 110 Å². The number of ether oxygens (including phenoxy) is 1. The maximum absolute atomic E-state index is 15.4. The van der Waals surface area contributed by atoms with E-state index in [4.69, 9.17) is 101 Å². The first kappa shape index (κ1) is 48.0. The van der Waals surface area contributed by atoms with E-state index < -0.39 is 11.4 Å². The summed E-state index contributed by atoms with van der Waals surface area (Å²) in [5, 5.41) is 22.5. The third-order valence-electron chi connectivity index (χ3n) is 12.4.